The van der Waals surface area contributed by atoms with Crippen molar-refractivity contribution in [3.05, 3.63) is 141 Å². The maximum Gasteiger partial charge on any atom is 0.244 e. The van der Waals surface area contributed by atoms with Crippen molar-refractivity contribution in [2.45, 2.75) is 198 Å². The Labute approximate surface area is 436 Å². The highest BCUT2D eigenvalue weighted by atomic mass is 14.3. The summed E-state index contributed by atoms with van der Waals surface area (Å²) in [6.45, 7) is 48.5. The lowest BCUT2D eigenvalue weighted by molar-refractivity contribution is 0.812. The zero-order chi connectivity index (χ0) is 51.8. The molecule has 0 aromatic heterocycles. The van der Waals surface area contributed by atoms with E-state index in [0.717, 1.165) is 0 Å². The normalized spacial score (nSPS) is 13.6. The summed E-state index contributed by atoms with van der Waals surface area (Å²) in [5.41, 5.74) is 30.0. The SMILES string of the molecule is CC(C)c1cc2c(c(C(C)C)c1)B(c1c(C(C)C)cc(C(C)C)cc1C(C)C)c1c-2cc2ccc3c4c(cc5ccc1c2c53)-c1cc(C(C)C)cc(C(C)C)c1B4c1c(C(C)C)cc(C(C)C)cc1C(C)C. The molecule has 0 amide bonds. The van der Waals surface area contributed by atoms with Gasteiger partial charge in [-0.05, 0) is 182 Å². The second-order valence-corrected chi connectivity index (χ2v) is 25.9. The fourth-order valence-electron chi connectivity index (χ4n) is 13.7. The van der Waals surface area contributed by atoms with Crippen molar-refractivity contribution in [1.82, 2.24) is 0 Å². The van der Waals surface area contributed by atoms with E-state index in [1.165, 1.54) is 121 Å². The van der Waals surface area contributed by atoms with Gasteiger partial charge in [0.15, 0.2) is 0 Å². The fourth-order valence-corrected chi connectivity index (χ4v) is 13.7. The third kappa shape index (κ3) is 7.76. The van der Waals surface area contributed by atoms with Crippen molar-refractivity contribution >= 4 is 78.5 Å². The van der Waals surface area contributed by atoms with Crippen LogP contribution < -0.4 is 32.8 Å². The second kappa shape index (κ2) is 18.4. The van der Waals surface area contributed by atoms with Gasteiger partial charge in [-0.1, -0.05) is 244 Å². The lowest BCUT2D eigenvalue weighted by Gasteiger charge is -2.29. The Balaban J connectivity index is 1.38. The first-order chi connectivity index (χ1) is 34.0. The molecular formula is C70H84B2. The summed E-state index contributed by atoms with van der Waals surface area (Å²) < 4.78 is 0. The van der Waals surface area contributed by atoms with Crippen LogP contribution in [0.5, 0.6) is 0 Å². The molecule has 8 aromatic carbocycles. The molecule has 0 fully saturated rings. The van der Waals surface area contributed by atoms with Crippen LogP contribution in [-0.2, 0) is 0 Å². The molecule has 10 rings (SSSR count). The summed E-state index contributed by atoms with van der Waals surface area (Å²) >= 11 is 0. The first kappa shape index (κ1) is 50.5. The molecule has 2 heteroatoms. The molecule has 0 N–H and O–H groups in total. The predicted molar refractivity (Wildman–Crippen MR) is 324 cm³/mol. The topological polar surface area (TPSA) is 0 Å². The summed E-state index contributed by atoms with van der Waals surface area (Å²) in [6.07, 6.45) is 0. The lowest BCUT2D eigenvalue weighted by Crippen LogP contribution is -2.54. The van der Waals surface area contributed by atoms with E-state index in [-0.39, 0.29) is 13.4 Å². The third-order valence-electron chi connectivity index (χ3n) is 17.7. The average molecular weight is 947 g/mol. The van der Waals surface area contributed by atoms with Crippen LogP contribution >= 0.6 is 0 Å². The van der Waals surface area contributed by atoms with E-state index in [1.54, 1.807) is 21.9 Å². The lowest BCUT2D eigenvalue weighted by atomic mass is 9.35. The van der Waals surface area contributed by atoms with Gasteiger partial charge >= 0.3 is 0 Å². The molecular weight excluding hydrogens is 862 g/mol. The average Bonchev–Trinajstić information content (AvgIpc) is 3.83. The van der Waals surface area contributed by atoms with Gasteiger partial charge in [-0.25, -0.2) is 0 Å². The molecule has 0 spiro atoms. The Morgan fingerprint density at radius 2 is 0.472 bits per heavy atom. The second-order valence-electron chi connectivity index (χ2n) is 25.9. The van der Waals surface area contributed by atoms with Crippen molar-refractivity contribution in [1.29, 1.82) is 0 Å². The molecule has 2 aliphatic heterocycles. The summed E-state index contributed by atoms with van der Waals surface area (Å²) in [7, 11) is 0. The van der Waals surface area contributed by atoms with Crippen molar-refractivity contribution in [3.8, 4) is 22.3 Å². The largest absolute Gasteiger partial charge is 0.244 e. The Morgan fingerprint density at radius 3 is 0.722 bits per heavy atom. The Kier molecular flexibility index (Phi) is 12.9. The maximum absolute atomic E-state index is 2.64. The molecule has 2 heterocycles. The first-order valence-electron chi connectivity index (χ1n) is 28.5. The highest BCUT2D eigenvalue weighted by Gasteiger charge is 2.44. The van der Waals surface area contributed by atoms with Crippen LogP contribution in [0.3, 0.4) is 0 Å². The smallest absolute Gasteiger partial charge is 0.0618 e. The molecule has 0 radical (unpaired) electrons. The number of benzene rings is 8. The molecule has 8 aromatic rings. The molecule has 0 saturated heterocycles. The van der Waals surface area contributed by atoms with Crippen LogP contribution in [0.15, 0.2) is 84.9 Å². The maximum atomic E-state index is 2.64. The minimum atomic E-state index is 0.127. The van der Waals surface area contributed by atoms with Crippen molar-refractivity contribution < 1.29 is 0 Å². The van der Waals surface area contributed by atoms with Crippen molar-refractivity contribution in [2.24, 2.45) is 0 Å². The van der Waals surface area contributed by atoms with Crippen LogP contribution in [0, 0.1) is 0 Å². The first-order valence-corrected chi connectivity index (χ1v) is 28.5. The van der Waals surface area contributed by atoms with Crippen molar-refractivity contribution in [3.63, 3.8) is 0 Å². The highest BCUT2D eigenvalue weighted by Crippen LogP contribution is 2.44. The van der Waals surface area contributed by atoms with Gasteiger partial charge in [-0.15, -0.1) is 0 Å². The van der Waals surface area contributed by atoms with Crippen molar-refractivity contribution in [2.75, 3.05) is 0 Å². The van der Waals surface area contributed by atoms with Gasteiger partial charge in [0, 0.05) is 0 Å². The molecule has 0 atom stereocenters. The quantitative estimate of drug-likeness (QED) is 0.0846. The van der Waals surface area contributed by atoms with Gasteiger partial charge in [-0.3, -0.25) is 0 Å². The van der Waals surface area contributed by atoms with E-state index in [4.69, 9.17) is 0 Å². The standard InChI is InChI=1S/C70H84B2/c1-35(2)47-27-53(39(9)10)67(54(28-47)40(11)12)71-65-51-23-21-46-26-60-62-34-50(38(7)8)32-58(44(19)20)70(62)72(68-55(41(13)14)29-48(36(3)4)30-56(68)42(15)16)66(60)52-24-22-45(63(51)64(46)52)25-59(65)61-33-49(37(5)6)31-57(43(17)18)69(61)71/h21-44H,1-20H3. The molecule has 0 unspecified atom stereocenters. The summed E-state index contributed by atoms with van der Waals surface area (Å²) in [5, 5.41) is 8.48. The number of fused-ring (bicyclic) bond motifs is 8. The third-order valence-corrected chi connectivity index (χ3v) is 17.7. The number of hydrogen-bond acceptors (Lipinski definition) is 0. The van der Waals surface area contributed by atoms with E-state index in [2.05, 4.69) is 223 Å². The van der Waals surface area contributed by atoms with Crippen LogP contribution in [0.1, 0.15) is 253 Å². The van der Waals surface area contributed by atoms with E-state index < -0.39 is 0 Å². The van der Waals surface area contributed by atoms with E-state index >= 15 is 0 Å². The zero-order valence-electron chi connectivity index (χ0n) is 48.0. The highest BCUT2D eigenvalue weighted by molar-refractivity contribution is 7.02. The van der Waals surface area contributed by atoms with Gasteiger partial charge in [0.25, 0.3) is 0 Å². The molecule has 72 heavy (non-hydrogen) atoms. The van der Waals surface area contributed by atoms with Gasteiger partial charge < -0.3 is 0 Å². The van der Waals surface area contributed by atoms with E-state index in [1.807, 2.05) is 0 Å². The Morgan fingerprint density at radius 1 is 0.236 bits per heavy atom. The minimum absolute atomic E-state index is 0.127. The molecule has 370 valence electrons. The Hall–Kier alpha value is -5.07. The van der Waals surface area contributed by atoms with Crippen LogP contribution in [0.2, 0.25) is 0 Å². The predicted octanol–water partition coefficient (Wildman–Crippen LogP) is 16.8. The molecule has 0 nitrogen and oxygen atoms in total. The van der Waals surface area contributed by atoms with E-state index in [9.17, 15) is 0 Å². The summed E-state index contributed by atoms with van der Waals surface area (Å²) in [5.74, 6) is 4.10. The van der Waals surface area contributed by atoms with Crippen LogP contribution in [-0.4, -0.2) is 13.4 Å². The zero-order valence-corrected chi connectivity index (χ0v) is 48.0. The molecule has 0 saturated carbocycles. The van der Waals surface area contributed by atoms with E-state index in [0.29, 0.717) is 59.2 Å². The minimum Gasteiger partial charge on any atom is -0.0618 e. The Bertz CT molecular complexity index is 3150. The number of rotatable bonds is 12. The van der Waals surface area contributed by atoms with Crippen LogP contribution in [0.4, 0.5) is 0 Å². The fraction of sp³-hybridized carbons (Fsp3) is 0.429. The van der Waals surface area contributed by atoms with Gasteiger partial charge in [0.2, 0.25) is 13.4 Å². The van der Waals surface area contributed by atoms with Gasteiger partial charge in [-0.2, -0.15) is 0 Å². The van der Waals surface area contributed by atoms with Gasteiger partial charge in [0.1, 0.15) is 0 Å². The monoisotopic (exact) mass is 947 g/mol. The summed E-state index contributed by atoms with van der Waals surface area (Å²) in [6, 6.07) is 36.3. The summed E-state index contributed by atoms with van der Waals surface area (Å²) in [4.78, 5) is 0. The molecule has 0 bridgehead atoms. The molecule has 2 aliphatic rings. The van der Waals surface area contributed by atoms with Crippen LogP contribution in [0.25, 0.3) is 54.6 Å². The molecule has 0 aliphatic carbocycles. The number of hydrogen-bond donors (Lipinski definition) is 0. The van der Waals surface area contributed by atoms with Gasteiger partial charge in [0.05, 0.1) is 0 Å².